The van der Waals surface area contributed by atoms with Crippen molar-refractivity contribution >= 4 is 12.0 Å². The molecule has 1 rings (SSSR count). The fourth-order valence-corrected chi connectivity index (χ4v) is 1.61. The van der Waals surface area contributed by atoms with Crippen LogP contribution in [-0.2, 0) is 9.53 Å². The van der Waals surface area contributed by atoms with Crippen molar-refractivity contribution < 1.29 is 14.3 Å². The lowest BCUT2D eigenvalue weighted by molar-refractivity contribution is -0.138. The molecule has 4 nitrogen and oxygen atoms in total. The van der Waals surface area contributed by atoms with E-state index in [0.29, 0.717) is 12.8 Å². The molecule has 96 valence electrons. The van der Waals surface area contributed by atoms with Crippen LogP contribution >= 0.6 is 0 Å². The summed E-state index contributed by atoms with van der Waals surface area (Å²) in [6.07, 6.45) is 4.12. The second kappa shape index (κ2) is 4.51. The molecule has 0 aromatic rings. The zero-order valence-corrected chi connectivity index (χ0v) is 11.2. The highest BCUT2D eigenvalue weighted by Crippen LogP contribution is 2.33. The van der Waals surface area contributed by atoms with Gasteiger partial charge in [0.15, 0.2) is 0 Å². The Morgan fingerprint density at radius 3 is 2.59 bits per heavy atom. The first-order valence-corrected chi connectivity index (χ1v) is 5.93. The molecule has 1 aliphatic heterocycles. The van der Waals surface area contributed by atoms with E-state index in [9.17, 15) is 9.59 Å². The van der Waals surface area contributed by atoms with Crippen LogP contribution in [0.25, 0.3) is 0 Å². The molecule has 0 bridgehead atoms. The molecule has 1 atom stereocenters. The number of imide groups is 1. The van der Waals surface area contributed by atoms with Gasteiger partial charge in [-0.05, 0) is 33.6 Å². The van der Waals surface area contributed by atoms with Crippen molar-refractivity contribution in [3.05, 3.63) is 12.3 Å². The summed E-state index contributed by atoms with van der Waals surface area (Å²) >= 11 is 0. The predicted molar refractivity (Wildman–Crippen MR) is 65.2 cm³/mol. The fraction of sp³-hybridized carbons (Fsp3) is 0.692. The molecule has 0 aromatic carbocycles. The van der Waals surface area contributed by atoms with E-state index in [1.807, 2.05) is 19.9 Å². The van der Waals surface area contributed by atoms with Gasteiger partial charge in [0.05, 0.1) is 5.41 Å². The lowest BCUT2D eigenvalue weighted by atomic mass is 9.81. The molecule has 0 N–H and O–H groups in total. The van der Waals surface area contributed by atoms with Crippen molar-refractivity contribution in [2.75, 3.05) is 0 Å². The van der Waals surface area contributed by atoms with Crippen molar-refractivity contribution in [2.24, 2.45) is 5.41 Å². The van der Waals surface area contributed by atoms with Gasteiger partial charge in [-0.25, -0.2) is 9.69 Å². The molecule has 1 heterocycles. The number of allylic oxidation sites excluding steroid dienone is 1. The summed E-state index contributed by atoms with van der Waals surface area (Å²) in [6, 6.07) is 0. The molecule has 0 aliphatic carbocycles. The Morgan fingerprint density at radius 2 is 2.12 bits per heavy atom. The maximum Gasteiger partial charge on any atom is 0.421 e. The minimum Gasteiger partial charge on any atom is -0.443 e. The van der Waals surface area contributed by atoms with Gasteiger partial charge in [-0.2, -0.15) is 0 Å². The molecule has 0 spiro atoms. The molecule has 4 heteroatoms. The van der Waals surface area contributed by atoms with Gasteiger partial charge in [-0.15, -0.1) is 0 Å². The van der Waals surface area contributed by atoms with Gasteiger partial charge in [0.2, 0.25) is 5.91 Å². The zero-order valence-electron chi connectivity index (χ0n) is 11.2. The highest BCUT2D eigenvalue weighted by atomic mass is 16.6. The van der Waals surface area contributed by atoms with Crippen LogP contribution in [0.1, 0.15) is 47.5 Å². The Bertz CT molecular complexity index is 354. The van der Waals surface area contributed by atoms with Crippen LogP contribution < -0.4 is 0 Å². The molecule has 1 unspecified atom stereocenters. The minimum atomic E-state index is -0.599. The molecule has 1 aliphatic rings. The van der Waals surface area contributed by atoms with Crippen molar-refractivity contribution in [2.45, 2.75) is 53.1 Å². The van der Waals surface area contributed by atoms with Crippen LogP contribution in [-0.4, -0.2) is 22.5 Å². The van der Waals surface area contributed by atoms with E-state index in [0.717, 1.165) is 4.90 Å². The second-order valence-corrected chi connectivity index (χ2v) is 5.66. The van der Waals surface area contributed by atoms with Crippen LogP contribution in [0.3, 0.4) is 0 Å². The predicted octanol–water partition coefficient (Wildman–Crippen LogP) is 3.08. The van der Waals surface area contributed by atoms with Crippen molar-refractivity contribution in [3.63, 3.8) is 0 Å². The van der Waals surface area contributed by atoms with Gasteiger partial charge in [0.1, 0.15) is 5.60 Å². The van der Waals surface area contributed by atoms with Crippen LogP contribution in [0.4, 0.5) is 4.79 Å². The number of ether oxygens (including phenoxy) is 1. The normalized spacial score (nSPS) is 25.0. The first kappa shape index (κ1) is 13.7. The Labute approximate surface area is 103 Å². The third-order valence-electron chi connectivity index (χ3n) is 2.93. The van der Waals surface area contributed by atoms with Gasteiger partial charge in [0.25, 0.3) is 0 Å². The number of amides is 2. The van der Waals surface area contributed by atoms with E-state index in [-0.39, 0.29) is 5.91 Å². The quantitative estimate of drug-likeness (QED) is 0.706. The molecular weight excluding hydrogens is 218 g/mol. The van der Waals surface area contributed by atoms with E-state index in [1.54, 1.807) is 20.8 Å². The van der Waals surface area contributed by atoms with E-state index in [2.05, 4.69) is 0 Å². The van der Waals surface area contributed by atoms with E-state index < -0.39 is 17.1 Å². The summed E-state index contributed by atoms with van der Waals surface area (Å²) in [5, 5.41) is 0. The van der Waals surface area contributed by atoms with Crippen molar-refractivity contribution in [1.29, 1.82) is 0 Å². The molecule has 0 fully saturated rings. The molecule has 0 saturated carbocycles. The summed E-state index contributed by atoms with van der Waals surface area (Å²) in [5.74, 6) is -0.184. The highest BCUT2D eigenvalue weighted by molar-refractivity contribution is 5.97. The maximum absolute atomic E-state index is 12.2. The average molecular weight is 239 g/mol. The number of hydrogen-bond donors (Lipinski definition) is 0. The monoisotopic (exact) mass is 239 g/mol. The molecule has 0 radical (unpaired) electrons. The topological polar surface area (TPSA) is 46.6 Å². The summed E-state index contributed by atoms with van der Waals surface area (Å²) in [7, 11) is 0. The SMILES string of the molecule is CCC1(C)CC=CN(C(=O)OC(C)(C)C)C1=O. The van der Waals surface area contributed by atoms with E-state index in [1.165, 1.54) is 6.20 Å². The third kappa shape index (κ3) is 3.08. The Hall–Kier alpha value is -1.32. The summed E-state index contributed by atoms with van der Waals surface area (Å²) in [4.78, 5) is 25.1. The summed E-state index contributed by atoms with van der Waals surface area (Å²) < 4.78 is 5.20. The van der Waals surface area contributed by atoms with Gasteiger partial charge in [-0.1, -0.05) is 19.9 Å². The molecule has 0 aromatic heterocycles. The van der Waals surface area contributed by atoms with Crippen molar-refractivity contribution in [3.8, 4) is 0 Å². The van der Waals surface area contributed by atoms with E-state index in [4.69, 9.17) is 4.74 Å². The molecule has 0 saturated heterocycles. The average Bonchev–Trinajstić information content (AvgIpc) is 2.19. The first-order chi connectivity index (χ1) is 7.69. The van der Waals surface area contributed by atoms with E-state index >= 15 is 0 Å². The van der Waals surface area contributed by atoms with Crippen molar-refractivity contribution in [1.82, 2.24) is 4.90 Å². The highest BCUT2D eigenvalue weighted by Gasteiger charge is 2.40. The second-order valence-electron chi connectivity index (χ2n) is 5.66. The minimum absolute atomic E-state index is 0.184. The largest absolute Gasteiger partial charge is 0.443 e. The third-order valence-corrected chi connectivity index (χ3v) is 2.93. The van der Waals surface area contributed by atoms with Crippen LogP contribution in [0.5, 0.6) is 0 Å². The van der Waals surface area contributed by atoms with Crippen LogP contribution in [0, 0.1) is 5.41 Å². The lowest BCUT2D eigenvalue weighted by Gasteiger charge is -2.34. The lowest BCUT2D eigenvalue weighted by Crippen LogP contribution is -2.46. The Morgan fingerprint density at radius 1 is 1.53 bits per heavy atom. The fourth-order valence-electron chi connectivity index (χ4n) is 1.61. The molecule has 17 heavy (non-hydrogen) atoms. The smallest absolute Gasteiger partial charge is 0.421 e. The van der Waals surface area contributed by atoms with Crippen LogP contribution in [0.2, 0.25) is 0 Å². The summed E-state index contributed by atoms with van der Waals surface area (Å²) in [5.41, 5.74) is -1.09. The standard InChI is InChI=1S/C13H21NO3/c1-6-13(5)8-7-9-14(10(13)15)11(16)17-12(2,3)4/h7,9H,6,8H2,1-5H3. The van der Waals surface area contributed by atoms with Gasteiger partial charge in [-0.3, -0.25) is 4.79 Å². The Kier molecular flexibility index (Phi) is 3.65. The van der Waals surface area contributed by atoms with Crippen LogP contribution in [0.15, 0.2) is 12.3 Å². The Balaban J connectivity index is 2.86. The number of hydrogen-bond acceptors (Lipinski definition) is 3. The number of carbonyl (C=O) groups is 2. The molecular formula is C13H21NO3. The van der Waals surface area contributed by atoms with Gasteiger partial charge >= 0.3 is 6.09 Å². The van der Waals surface area contributed by atoms with Gasteiger partial charge in [0, 0.05) is 6.20 Å². The maximum atomic E-state index is 12.2. The number of nitrogens with zero attached hydrogens (tertiary/aromatic N) is 1. The van der Waals surface area contributed by atoms with Gasteiger partial charge < -0.3 is 4.74 Å². The number of rotatable bonds is 1. The summed E-state index contributed by atoms with van der Waals surface area (Å²) in [6.45, 7) is 9.16. The number of carbonyl (C=O) groups excluding carboxylic acids is 2. The zero-order chi connectivity index (χ0) is 13.3. The molecule has 2 amide bonds. The first-order valence-electron chi connectivity index (χ1n) is 5.93.